The molecule has 0 unspecified atom stereocenters. The molecule has 0 saturated heterocycles. The Kier molecular flexibility index (Phi) is 4.15. The van der Waals surface area contributed by atoms with Crippen LogP contribution in [0.4, 0.5) is 0 Å². The van der Waals surface area contributed by atoms with Gasteiger partial charge in [-0.25, -0.2) is 8.42 Å². The molecule has 122 valence electrons. The van der Waals surface area contributed by atoms with E-state index >= 15 is 0 Å². The van der Waals surface area contributed by atoms with E-state index in [2.05, 4.69) is 0 Å². The molecule has 1 aliphatic carbocycles. The summed E-state index contributed by atoms with van der Waals surface area (Å²) in [5.74, 6) is -0.809. The van der Waals surface area contributed by atoms with E-state index in [9.17, 15) is 18.0 Å². The van der Waals surface area contributed by atoms with E-state index < -0.39 is 15.6 Å². The summed E-state index contributed by atoms with van der Waals surface area (Å²) >= 11 is 12.4. The van der Waals surface area contributed by atoms with Gasteiger partial charge in [-0.15, -0.1) is 0 Å². The fraction of sp³-hybridized carbons (Fsp3) is 0.375. The highest BCUT2D eigenvalue weighted by Crippen LogP contribution is 2.38. The number of benzene rings is 1. The number of hydrogen-bond acceptors (Lipinski definition) is 4. The molecule has 0 amide bonds. The number of rotatable bonds is 2. The fourth-order valence-electron chi connectivity index (χ4n) is 3.20. The Morgan fingerprint density at radius 3 is 2.52 bits per heavy atom. The normalized spacial score (nSPS) is 19.9. The number of fused-ring (bicyclic) bond motifs is 1. The van der Waals surface area contributed by atoms with Crippen LogP contribution >= 0.6 is 23.2 Å². The van der Waals surface area contributed by atoms with Crippen molar-refractivity contribution in [2.24, 2.45) is 0 Å². The summed E-state index contributed by atoms with van der Waals surface area (Å²) in [4.78, 5) is 25.0. The van der Waals surface area contributed by atoms with Gasteiger partial charge in [0.1, 0.15) is 0 Å². The van der Waals surface area contributed by atoms with Crippen molar-refractivity contribution >= 4 is 44.6 Å². The number of allylic oxidation sites excluding steroid dienone is 2. The van der Waals surface area contributed by atoms with E-state index in [1.165, 1.54) is 6.07 Å². The van der Waals surface area contributed by atoms with Crippen LogP contribution in [0.3, 0.4) is 0 Å². The van der Waals surface area contributed by atoms with Gasteiger partial charge in [0.05, 0.1) is 21.2 Å². The van der Waals surface area contributed by atoms with Gasteiger partial charge in [0.2, 0.25) is 0 Å². The summed E-state index contributed by atoms with van der Waals surface area (Å²) in [5, 5.41) is 0.375. The molecule has 1 heterocycles. The maximum atomic E-state index is 12.8. The monoisotopic (exact) mass is 372 g/mol. The van der Waals surface area contributed by atoms with E-state index in [0.717, 1.165) is 0 Å². The Morgan fingerprint density at radius 2 is 1.87 bits per heavy atom. The van der Waals surface area contributed by atoms with E-state index in [1.54, 1.807) is 6.92 Å². The molecule has 0 bridgehead atoms. The largest absolute Gasteiger partial charge is 0.294 e. The molecule has 7 heteroatoms. The van der Waals surface area contributed by atoms with Crippen molar-refractivity contribution in [3.8, 4) is 0 Å². The average Bonchev–Trinajstić information content (AvgIpc) is 2.79. The van der Waals surface area contributed by atoms with Crippen molar-refractivity contribution < 1.29 is 18.0 Å². The highest BCUT2D eigenvalue weighted by molar-refractivity contribution is 7.91. The Bertz CT molecular complexity index is 882. The molecule has 0 atom stereocenters. The number of Topliss-reactive ketones (excluding diaryl/α,β-unsaturated/α-hetero) is 2. The van der Waals surface area contributed by atoms with Crippen LogP contribution in [0.1, 0.15) is 40.7 Å². The lowest BCUT2D eigenvalue weighted by molar-refractivity contribution is -0.115. The molecule has 0 N–H and O–H groups in total. The standard InChI is InChI=1S/C16H14Cl2O4S/c1-8-7-10(14(18)9-5-6-23(21,22)16(8)9)15(20)13-11(17)3-2-4-12(13)19/h7H,2-6H2,1H3. The summed E-state index contributed by atoms with van der Waals surface area (Å²) in [5.41, 5.74) is 1.09. The third kappa shape index (κ3) is 2.65. The van der Waals surface area contributed by atoms with Crippen LogP contribution in [0, 0.1) is 6.92 Å². The second-order valence-electron chi connectivity index (χ2n) is 5.82. The molecule has 0 radical (unpaired) electrons. The Labute approximate surface area is 144 Å². The zero-order chi connectivity index (χ0) is 16.9. The minimum Gasteiger partial charge on any atom is -0.294 e. The first kappa shape index (κ1) is 16.7. The van der Waals surface area contributed by atoms with Crippen LogP contribution in [-0.2, 0) is 21.1 Å². The molecular weight excluding hydrogens is 359 g/mol. The van der Waals surface area contributed by atoms with E-state index in [-0.39, 0.29) is 50.5 Å². The smallest absolute Gasteiger partial charge is 0.199 e. The van der Waals surface area contributed by atoms with Gasteiger partial charge in [-0.05, 0) is 43.4 Å². The molecule has 0 aromatic heterocycles. The second-order valence-corrected chi connectivity index (χ2v) is 8.70. The number of carbonyl (C=O) groups is 2. The van der Waals surface area contributed by atoms with Crippen molar-refractivity contribution in [3.05, 3.63) is 38.4 Å². The van der Waals surface area contributed by atoms with Gasteiger partial charge in [-0.1, -0.05) is 23.2 Å². The van der Waals surface area contributed by atoms with Gasteiger partial charge in [0, 0.05) is 17.0 Å². The summed E-state index contributed by atoms with van der Waals surface area (Å²) in [7, 11) is -3.35. The highest BCUT2D eigenvalue weighted by atomic mass is 35.5. The summed E-state index contributed by atoms with van der Waals surface area (Å²) in [6.07, 6.45) is 1.68. The van der Waals surface area contributed by atoms with Crippen molar-refractivity contribution in [1.82, 2.24) is 0 Å². The number of hydrogen-bond donors (Lipinski definition) is 0. The highest BCUT2D eigenvalue weighted by Gasteiger charge is 2.34. The molecule has 2 aliphatic rings. The van der Waals surface area contributed by atoms with Crippen molar-refractivity contribution in [1.29, 1.82) is 0 Å². The average molecular weight is 373 g/mol. The minimum absolute atomic E-state index is 0.0110. The molecule has 0 fully saturated rings. The Morgan fingerprint density at radius 1 is 1.17 bits per heavy atom. The van der Waals surface area contributed by atoms with Crippen LogP contribution < -0.4 is 0 Å². The predicted octanol–water partition coefficient (Wildman–Crippen LogP) is 3.41. The zero-order valence-electron chi connectivity index (χ0n) is 12.4. The molecule has 4 nitrogen and oxygen atoms in total. The number of carbonyl (C=O) groups excluding carboxylic acids is 2. The van der Waals surface area contributed by atoms with Gasteiger partial charge in [-0.3, -0.25) is 9.59 Å². The predicted molar refractivity (Wildman–Crippen MR) is 88.0 cm³/mol. The van der Waals surface area contributed by atoms with Crippen LogP contribution in [0.25, 0.3) is 0 Å². The summed E-state index contributed by atoms with van der Waals surface area (Å²) in [6, 6.07) is 1.45. The molecule has 23 heavy (non-hydrogen) atoms. The fourth-order valence-corrected chi connectivity index (χ4v) is 5.71. The van der Waals surface area contributed by atoms with Crippen LogP contribution in [0.15, 0.2) is 21.6 Å². The zero-order valence-corrected chi connectivity index (χ0v) is 14.7. The van der Waals surface area contributed by atoms with Crippen LogP contribution in [0.2, 0.25) is 5.02 Å². The Balaban J connectivity index is 2.18. The van der Waals surface area contributed by atoms with Gasteiger partial charge in [0.15, 0.2) is 21.4 Å². The molecule has 0 spiro atoms. The lowest BCUT2D eigenvalue weighted by atomic mass is 9.90. The van der Waals surface area contributed by atoms with Crippen molar-refractivity contribution in [2.75, 3.05) is 5.75 Å². The molecular formula is C16H14Cl2O4S. The first-order valence-electron chi connectivity index (χ1n) is 7.25. The SMILES string of the molecule is Cc1cc(C(=O)C2=C(Cl)CCCC2=O)c(Cl)c2c1S(=O)(=O)CC2. The lowest BCUT2D eigenvalue weighted by Gasteiger charge is -2.16. The third-order valence-electron chi connectivity index (χ3n) is 4.25. The van der Waals surface area contributed by atoms with Crippen LogP contribution in [0.5, 0.6) is 0 Å². The second kappa shape index (κ2) is 5.72. The van der Waals surface area contributed by atoms with Gasteiger partial charge in [-0.2, -0.15) is 0 Å². The van der Waals surface area contributed by atoms with E-state index in [4.69, 9.17) is 23.2 Å². The van der Waals surface area contributed by atoms with E-state index in [0.29, 0.717) is 24.0 Å². The quantitative estimate of drug-likeness (QED) is 0.589. The first-order valence-corrected chi connectivity index (χ1v) is 9.66. The molecule has 1 aliphatic heterocycles. The number of aryl methyl sites for hydroxylation is 1. The first-order chi connectivity index (χ1) is 10.7. The Hall–Kier alpha value is -1.17. The maximum absolute atomic E-state index is 12.8. The number of ketones is 2. The van der Waals surface area contributed by atoms with Crippen molar-refractivity contribution in [3.63, 3.8) is 0 Å². The van der Waals surface area contributed by atoms with Crippen LogP contribution in [-0.4, -0.2) is 25.7 Å². The topological polar surface area (TPSA) is 68.3 Å². The lowest BCUT2D eigenvalue weighted by Crippen LogP contribution is -2.19. The molecule has 1 aromatic rings. The van der Waals surface area contributed by atoms with Crippen molar-refractivity contribution in [2.45, 2.75) is 37.5 Å². The molecule has 0 saturated carbocycles. The minimum atomic E-state index is -3.35. The number of halogens is 2. The maximum Gasteiger partial charge on any atom is 0.199 e. The van der Waals surface area contributed by atoms with Gasteiger partial charge < -0.3 is 0 Å². The van der Waals surface area contributed by atoms with Gasteiger partial charge >= 0.3 is 0 Å². The molecule has 3 rings (SSSR count). The third-order valence-corrected chi connectivity index (χ3v) is 6.99. The summed E-state index contributed by atoms with van der Waals surface area (Å²) < 4.78 is 24.2. The van der Waals surface area contributed by atoms with Gasteiger partial charge in [0.25, 0.3) is 0 Å². The molecule has 1 aromatic carbocycles. The number of sulfone groups is 1. The summed E-state index contributed by atoms with van der Waals surface area (Å²) in [6.45, 7) is 1.63. The van der Waals surface area contributed by atoms with E-state index in [1.807, 2.05) is 0 Å².